The van der Waals surface area contributed by atoms with E-state index in [0.29, 0.717) is 31.8 Å². The zero-order valence-electron chi connectivity index (χ0n) is 12.5. The van der Waals surface area contributed by atoms with Gasteiger partial charge in [0.2, 0.25) is 11.8 Å². The van der Waals surface area contributed by atoms with Crippen LogP contribution in [0.1, 0.15) is 32.3 Å². The van der Waals surface area contributed by atoms with Crippen molar-refractivity contribution in [3.05, 3.63) is 29.8 Å². The minimum Gasteiger partial charge on any atom is -0.352 e. The largest absolute Gasteiger partial charge is 0.352 e. The maximum Gasteiger partial charge on any atom is 0.224 e. The third-order valence-corrected chi connectivity index (χ3v) is 2.67. The second-order valence-electron chi connectivity index (χ2n) is 5.16. The molecule has 0 unspecified atom stereocenters. The topological polar surface area (TPSA) is 84.2 Å². The molecule has 1 aromatic carbocycles. The monoisotopic (exact) mass is 313 g/mol. The first-order valence-corrected chi connectivity index (χ1v) is 6.87. The molecule has 0 aliphatic heterocycles. The van der Waals surface area contributed by atoms with Crippen molar-refractivity contribution in [3.63, 3.8) is 0 Å². The molecule has 0 heterocycles. The van der Waals surface area contributed by atoms with E-state index in [1.807, 2.05) is 38.1 Å². The lowest BCUT2D eigenvalue weighted by Crippen LogP contribution is -2.25. The van der Waals surface area contributed by atoms with Gasteiger partial charge < -0.3 is 16.4 Å². The van der Waals surface area contributed by atoms with Gasteiger partial charge in [0.25, 0.3) is 0 Å². The first kappa shape index (κ1) is 19.4. The smallest absolute Gasteiger partial charge is 0.224 e. The van der Waals surface area contributed by atoms with Crippen LogP contribution >= 0.6 is 12.4 Å². The Morgan fingerprint density at radius 2 is 1.95 bits per heavy atom. The van der Waals surface area contributed by atoms with Crippen LogP contribution in [0.3, 0.4) is 0 Å². The Morgan fingerprint density at radius 1 is 1.24 bits per heavy atom. The highest BCUT2D eigenvalue weighted by Gasteiger charge is 2.06. The number of anilines is 1. The summed E-state index contributed by atoms with van der Waals surface area (Å²) in [6, 6.07) is 7.46. The van der Waals surface area contributed by atoms with Crippen LogP contribution in [-0.4, -0.2) is 18.4 Å². The number of halogens is 1. The molecule has 21 heavy (non-hydrogen) atoms. The van der Waals surface area contributed by atoms with Crippen LogP contribution in [0.4, 0.5) is 5.69 Å². The van der Waals surface area contributed by atoms with Crippen LogP contribution in [0.15, 0.2) is 24.3 Å². The van der Waals surface area contributed by atoms with Crippen LogP contribution in [0, 0.1) is 5.92 Å². The summed E-state index contributed by atoms with van der Waals surface area (Å²) in [6.45, 7) is 4.79. The molecule has 0 saturated carbocycles. The summed E-state index contributed by atoms with van der Waals surface area (Å²) < 4.78 is 0. The molecule has 0 aromatic heterocycles. The minimum atomic E-state index is -0.0678. The van der Waals surface area contributed by atoms with Gasteiger partial charge in [-0.25, -0.2) is 0 Å². The van der Waals surface area contributed by atoms with Crippen molar-refractivity contribution in [3.8, 4) is 0 Å². The quantitative estimate of drug-likeness (QED) is 0.720. The van der Waals surface area contributed by atoms with Gasteiger partial charge in [0, 0.05) is 31.6 Å². The lowest BCUT2D eigenvalue weighted by Gasteiger charge is -2.09. The minimum absolute atomic E-state index is 0. The van der Waals surface area contributed by atoms with Gasteiger partial charge in [0.1, 0.15) is 0 Å². The molecule has 0 bridgehead atoms. The number of hydrogen-bond donors (Lipinski definition) is 3. The third kappa shape index (κ3) is 8.32. The second kappa shape index (κ2) is 10.2. The zero-order valence-corrected chi connectivity index (χ0v) is 13.3. The fourth-order valence-electron chi connectivity index (χ4n) is 1.76. The summed E-state index contributed by atoms with van der Waals surface area (Å²) in [5.41, 5.74) is 7.00. The van der Waals surface area contributed by atoms with Crippen LogP contribution < -0.4 is 16.4 Å². The molecule has 0 fully saturated rings. The molecule has 1 rings (SSSR count). The van der Waals surface area contributed by atoms with Gasteiger partial charge in [-0.15, -0.1) is 12.4 Å². The van der Waals surface area contributed by atoms with Crippen LogP contribution in [0.25, 0.3) is 0 Å². The Balaban J connectivity index is 0.00000400. The standard InChI is InChI=1S/C15H23N3O2.ClH/c1-11(2)8-15(20)18-13-5-3-4-12(9-13)10-17-14(19)6-7-16;/h3-5,9,11H,6-8,10,16H2,1-2H3,(H,17,19)(H,18,20);1H. The van der Waals surface area contributed by atoms with E-state index >= 15 is 0 Å². The molecule has 0 atom stereocenters. The first-order chi connectivity index (χ1) is 9.51. The summed E-state index contributed by atoms with van der Waals surface area (Å²) in [5, 5.41) is 5.64. The number of nitrogens with one attached hydrogen (secondary N) is 2. The van der Waals surface area contributed by atoms with Crippen molar-refractivity contribution in [1.29, 1.82) is 0 Å². The average molecular weight is 314 g/mol. The van der Waals surface area contributed by atoms with Crippen molar-refractivity contribution in [1.82, 2.24) is 5.32 Å². The lowest BCUT2D eigenvalue weighted by atomic mass is 10.1. The van der Waals surface area contributed by atoms with E-state index in [4.69, 9.17) is 5.73 Å². The number of carbonyl (C=O) groups excluding carboxylic acids is 2. The molecule has 0 aliphatic rings. The van der Waals surface area contributed by atoms with Gasteiger partial charge in [-0.05, 0) is 23.6 Å². The van der Waals surface area contributed by atoms with Gasteiger partial charge >= 0.3 is 0 Å². The lowest BCUT2D eigenvalue weighted by molar-refractivity contribution is -0.121. The van der Waals surface area contributed by atoms with Gasteiger partial charge in [0.05, 0.1) is 0 Å². The van der Waals surface area contributed by atoms with Crippen molar-refractivity contribution in [2.75, 3.05) is 11.9 Å². The summed E-state index contributed by atoms with van der Waals surface area (Å²) in [4.78, 5) is 23.0. The fraction of sp³-hybridized carbons (Fsp3) is 0.467. The second-order valence-corrected chi connectivity index (χ2v) is 5.16. The van der Waals surface area contributed by atoms with Gasteiger partial charge in [-0.2, -0.15) is 0 Å². The number of rotatable bonds is 7. The van der Waals surface area contributed by atoms with Crippen molar-refractivity contribution in [2.24, 2.45) is 11.7 Å². The highest BCUT2D eigenvalue weighted by atomic mass is 35.5. The average Bonchev–Trinajstić information content (AvgIpc) is 2.36. The van der Waals surface area contributed by atoms with E-state index in [0.717, 1.165) is 11.3 Å². The van der Waals surface area contributed by atoms with Crippen LogP contribution in [0.5, 0.6) is 0 Å². The van der Waals surface area contributed by atoms with Crippen molar-refractivity contribution < 1.29 is 9.59 Å². The van der Waals surface area contributed by atoms with Crippen LogP contribution in [-0.2, 0) is 16.1 Å². The highest BCUT2D eigenvalue weighted by molar-refractivity contribution is 5.90. The summed E-state index contributed by atoms with van der Waals surface area (Å²) in [7, 11) is 0. The van der Waals surface area contributed by atoms with Crippen LogP contribution in [0.2, 0.25) is 0 Å². The Kier molecular flexibility index (Phi) is 9.41. The van der Waals surface area contributed by atoms with E-state index < -0.39 is 0 Å². The molecular formula is C15H24ClN3O2. The molecule has 118 valence electrons. The normalized spacial score (nSPS) is 9.90. The summed E-state index contributed by atoms with van der Waals surface area (Å²) in [5.74, 6) is 0.264. The van der Waals surface area contributed by atoms with Gasteiger partial charge in [0.15, 0.2) is 0 Å². The predicted molar refractivity (Wildman–Crippen MR) is 87.3 cm³/mol. The Hall–Kier alpha value is -1.59. The molecular weight excluding hydrogens is 290 g/mol. The third-order valence-electron chi connectivity index (χ3n) is 2.67. The van der Waals surface area contributed by atoms with E-state index in [2.05, 4.69) is 10.6 Å². The molecule has 5 nitrogen and oxygen atoms in total. The van der Waals surface area contributed by atoms with Crippen molar-refractivity contribution in [2.45, 2.75) is 33.2 Å². The fourth-order valence-corrected chi connectivity index (χ4v) is 1.76. The van der Waals surface area contributed by atoms with Gasteiger partial charge in [-0.1, -0.05) is 26.0 Å². The van der Waals surface area contributed by atoms with E-state index in [9.17, 15) is 9.59 Å². The summed E-state index contributed by atoms with van der Waals surface area (Å²) >= 11 is 0. The van der Waals surface area contributed by atoms with Crippen molar-refractivity contribution >= 4 is 29.9 Å². The Labute approximate surface area is 132 Å². The van der Waals surface area contributed by atoms with Gasteiger partial charge in [-0.3, -0.25) is 9.59 Å². The number of nitrogens with two attached hydrogens (primary N) is 1. The molecule has 6 heteroatoms. The molecule has 0 radical (unpaired) electrons. The number of amides is 2. The zero-order chi connectivity index (χ0) is 15.0. The summed E-state index contributed by atoms with van der Waals surface area (Å²) in [6.07, 6.45) is 0.822. The first-order valence-electron chi connectivity index (χ1n) is 6.87. The molecule has 0 aliphatic carbocycles. The molecule has 4 N–H and O–H groups in total. The molecule has 0 saturated heterocycles. The molecule has 0 spiro atoms. The van der Waals surface area contributed by atoms with E-state index in [-0.39, 0.29) is 24.2 Å². The highest BCUT2D eigenvalue weighted by Crippen LogP contribution is 2.12. The number of carbonyl (C=O) groups is 2. The maximum atomic E-state index is 11.7. The molecule has 1 aromatic rings. The van der Waals surface area contributed by atoms with E-state index in [1.54, 1.807) is 0 Å². The Morgan fingerprint density at radius 3 is 2.57 bits per heavy atom. The van der Waals surface area contributed by atoms with E-state index in [1.165, 1.54) is 0 Å². The maximum absolute atomic E-state index is 11.7. The number of hydrogen-bond acceptors (Lipinski definition) is 3. The molecule has 2 amide bonds. The SMILES string of the molecule is CC(C)CC(=O)Nc1cccc(CNC(=O)CCN)c1.Cl. The number of benzene rings is 1. The Bertz CT molecular complexity index is 464. The predicted octanol–water partition coefficient (Wildman–Crippen LogP) is 2.06.